The van der Waals surface area contributed by atoms with Gasteiger partial charge in [-0.1, -0.05) is 6.42 Å². The van der Waals surface area contributed by atoms with Crippen LogP contribution in [0.1, 0.15) is 25.7 Å². The molecule has 0 saturated carbocycles. The summed E-state index contributed by atoms with van der Waals surface area (Å²) in [6.45, 7) is 0. The monoisotopic (exact) mass is 159 g/mol. The SMILES string of the molecule is CSCCCCCC#[N+][O-]. The van der Waals surface area contributed by atoms with Gasteiger partial charge in [0.25, 0.3) is 6.07 Å². The molecule has 0 aliphatic rings. The lowest BCUT2D eigenvalue weighted by Gasteiger charge is -1.92. The zero-order chi connectivity index (χ0) is 7.66. The van der Waals surface area contributed by atoms with E-state index < -0.39 is 0 Å². The first-order chi connectivity index (χ1) is 4.91. The van der Waals surface area contributed by atoms with Crippen LogP contribution in [0, 0.1) is 11.3 Å². The molecule has 0 bridgehead atoms. The molecule has 0 radical (unpaired) electrons. The number of nitrogens with zero attached hydrogens (tertiary/aromatic N) is 1. The van der Waals surface area contributed by atoms with Gasteiger partial charge in [0.15, 0.2) is 0 Å². The lowest BCUT2D eigenvalue weighted by Crippen LogP contribution is -1.78. The Balaban J connectivity index is 2.82. The molecule has 0 atom stereocenters. The molecule has 0 aliphatic heterocycles. The van der Waals surface area contributed by atoms with Crippen LogP contribution >= 0.6 is 11.8 Å². The number of rotatable bonds is 5. The third-order valence-electron chi connectivity index (χ3n) is 1.20. The van der Waals surface area contributed by atoms with Crippen molar-refractivity contribution in [2.75, 3.05) is 12.0 Å². The van der Waals surface area contributed by atoms with E-state index in [1.165, 1.54) is 18.6 Å². The Labute approximate surface area is 66.4 Å². The van der Waals surface area contributed by atoms with Crippen molar-refractivity contribution in [3.8, 4) is 6.07 Å². The molecule has 3 heteroatoms. The Morgan fingerprint density at radius 3 is 2.80 bits per heavy atom. The van der Waals surface area contributed by atoms with E-state index >= 15 is 0 Å². The molecule has 0 unspecified atom stereocenters. The van der Waals surface area contributed by atoms with Gasteiger partial charge < -0.3 is 5.21 Å². The van der Waals surface area contributed by atoms with Gasteiger partial charge in [0.2, 0.25) is 0 Å². The van der Waals surface area contributed by atoms with E-state index in [0.717, 1.165) is 12.8 Å². The van der Waals surface area contributed by atoms with Crippen LogP contribution < -0.4 is 0 Å². The van der Waals surface area contributed by atoms with Crippen molar-refractivity contribution in [2.24, 2.45) is 0 Å². The molecule has 58 valence electrons. The zero-order valence-electron chi connectivity index (χ0n) is 6.30. The molecule has 0 N–H and O–H groups in total. The van der Waals surface area contributed by atoms with Gasteiger partial charge in [0, 0.05) is 5.01 Å². The second kappa shape index (κ2) is 8.64. The third-order valence-corrected chi connectivity index (χ3v) is 1.90. The van der Waals surface area contributed by atoms with Crippen molar-refractivity contribution in [1.82, 2.24) is 0 Å². The largest absolute Gasteiger partial charge is 0.498 e. The maximum Gasteiger partial charge on any atom is 0.298 e. The molecule has 0 fully saturated rings. The lowest BCUT2D eigenvalue weighted by molar-refractivity contribution is 0.743. The number of hydrogen-bond donors (Lipinski definition) is 0. The highest BCUT2D eigenvalue weighted by atomic mass is 32.2. The van der Waals surface area contributed by atoms with Crippen LogP contribution in [-0.2, 0) is 0 Å². The summed E-state index contributed by atoms with van der Waals surface area (Å²) in [7, 11) is 0. The molecular formula is C7H13NOS. The Bertz CT molecular complexity index is 117. The smallest absolute Gasteiger partial charge is 0.298 e. The van der Waals surface area contributed by atoms with Gasteiger partial charge in [0.1, 0.15) is 0 Å². The minimum absolute atomic E-state index is 0.720. The van der Waals surface area contributed by atoms with Crippen molar-refractivity contribution in [3.05, 3.63) is 10.2 Å². The summed E-state index contributed by atoms with van der Waals surface area (Å²) in [6.07, 6.45) is 6.29. The van der Waals surface area contributed by atoms with Gasteiger partial charge in [-0.25, -0.2) is 0 Å². The fourth-order valence-electron chi connectivity index (χ4n) is 0.673. The highest BCUT2D eigenvalue weighted by Crippen LogP contribution is 2.03. The first-order valence-corrected chi connectivity index (χ1v) is 4.85. The lowest BCUT2D eigenvalue weighted by atomic mass is 10.2. The van der Waals surface area contributed by atoms with Crippen molar-refractivity contribution in [1.29, 1.82) is 0 Å². The average Bonchev–Trinajstić information content (AvgIpc) is 1.97. The standard InChI is InChI=1S/C7H13NOS/c1-10-7-5-3-2-4-6-8-9/h2-5,7H2,1H3. The van der Waals surface area contributed by atoms with Gasteiger partial charge in [-0.3, -0.25) is 0 Å². The molecule has 0 rings (SSSR count). The summed E-state index contributed by atoms with van der Waals surface area (Å²) in [4.78, 5) is 0. The first-order valence-electron chi connectivity index (χ1n) is 3.46. The molecule has 0 spiro atoms. The van der Waals surface area contributed by atoms with Gasteiger partial charge in [-0.05, 0) is 24.9 Å². The van der Waals surface area contributed by atoms with Crippen LogP contribution in [-0.4, -0.2) is 12.0 Å². The first kappa shape index (κ1) is 9.64. The van der Waals surface area contributed by atoms with Gasteiger partial charge >= 0.3 is 0 Å². The van der Waals surface area contributed by atoms with Gasteiger partial charge in [-0.2, -0.15) is 11.8 Å². The maximum atomic E-state index is 9.53. The minimum atomic E-state index is 0.720. The Morgan fingerprint density at radius 1 is 1.40 bits per heavy atom. The van der Waals surface area contributed by atoms with Crippen LogP contribution in [0.3, 0.4) is 0 Å². The Morgan fingerprint density at radius 2 is 2.20 bits per heavy atom. The molecule has 0 aromatic heterocycles. The van der Waals surface area contributed by atoms with E-state index in [1.807, 2.05) is 11.8 Å². The summed E-state index contributed by atoms with van der Waals surface area (Å²) in [5, 5.41) is 12.1. The predicted molar refractivity (Wildman–Crippen MR) is 47.5 cm³/mol. The quantitative estimate of drug-likeness (QED) is 0.455. The average molecular weight is 159 g/mol. The van der Waals surface area contributed by atoms with E-state index in [1.54, 1.807) is 0 Å². The maximum absolute atomic E-state index is 9.53. The fourth-order valence-corrected chi connectivity index (χ4v) is 1.17. The van der Waals surface area contributed by atoms with E-state index in [2.05, 4.69) is 17.3 Å². The summed E-state index contributed by atoms with van der Waals surface area (Å²) in [5.41, 5.74) is 0. The second-order valence-corrected chi connectivity index (χ2v) is 3.04. The van der Waals surface area contributed by atoms with Gasteiger partial charge in [-0.15, -0.1) is 0 Å². The van der Waals surface area contributed by atoms with Crippen molar-refractivity contribution >= 4 is 11.8 Å². The molecule has 2 nitrogen and oxygen atoms in total. The van der Waals surface area contributed by atoms with Crippen LogP contribution in [0.15, 0.2) is 0 Å². The summed E-state index contributed by atoms with van der Waals surface area (Å²) < 4.78 is 0. The fraction of sp³-hybridized carbons (Fsp3) is 0.857. The Kier molecular flexibility index (Phi) is 8.33. The molecule has 0 aromatic carbocycles. The van der Waals surface area contributed by atoms with Crippen molar-refractivity contribution in [2.45, 2.75) is 25.7 Å². The molecular weight excluding hydrogens is 146 g/mol. The third kappa shape index (κ3) is 7.64. The van der Waals surface area contributed by atoms with Crippen LogP contribution in [0.4, 0.5) is 0 Å². The van der Waals surface area contributed by atoms with Crippen LogP contribution in [0.5, 0.6) is 0 Å². The van der Waals surface area contributed by atoms with Crippen LogP contribution in [0.2, 0.25) is 0 Å². The molecule has 0 aromatic rings. The highest BCUT2D eigenvalue weighted by molar-refractivity contribution is 7.98. The summed E-state index contributed by atoms with van der Waals surface area (Å²) in [6, 6.07) is 2.39. The predicted octanol–water partition coefficient (Wildman–Crippen LogP) is 2.74. The molecule has 0 heterocycles. The second-order valence-electron chi connectivity index (χ2n) is 2.05. The van der Waals surface area contributed by atoms with Crippen LogP contribution in [0.25, 0.3) is 5.01 Å². The topological polar surface area (TPSA) is 27.4 Å². The molecule has 0 amide bonds. The summed E-state index contributed by atoms with van der Waals surface area (Å²) >= 11 is 1.86. The number of unbranched alkanes of at least 4 members (excludes halogenated alkanes) is 3. The van der Waals surface area contributed by atoms with E-state index in [0.29, 0.717) is 0 Å². The number of hydrogen-bond acceptors (Lipinski definition) is 2. The summed E-state index contributed by atoms with van der Waals surface area (Å²) in [5.74, 6) is 1.22. The van der Waals surface area contributed by atoms with E-state index in [4.69, 9.17) is 0 Å². The van der Waals surface area contributed by atoms with Crippen molar-refractivity contribution in [3.63, 3.8) is 0 Å². The molecule has 10 heavy (non-hydrogen) atoms. The highest BCUT2D eigenvalue weighted by Gasteiger charge is 1.89. The van der Waals surface area contributed by atoms with Gasteiger partial charge in [0.05, 0.1) is 6.42 Å². The van der Waals surface area contributed by atoms with Crippen molar-refractivity contribution < 1.29 is 0 Å². The zero-order valence-corrected chi connectivity index (χ0v) is 7.12. The molecule has 0 aliphatic carbocycles. The normalized spacial score (nSPS) is 8.50. The number of thioether (sulfide) groups is 1. The molecule has 0 saturated heterocycles. The minimum Gasteiger partial charge on any atom is -0.498 e. The Hall–Kier alpha value is -0.360. The van der Waals surface area contributed by atoms with E-state index in [-0.39, 0.29) is 0 Å². The van der Waals surface area contributed by atoms with E-state index in [9.17, 15) is 5.21 Å².